The highest BCUT2D eigenvalue weighted by Gasteiger charge is 2.24. The molecule has 1 rings (SSSR count). The van der Waals surface area contributed by atoms with Crippen LogP contribution in [0.15, 0.2) is 12.2 Å². The van der Waals surface area contributed by atoms with Crippen LogP contribution in [0.3, 0.4) is 0 Å². The number of nitrogens with zero attached hydrogens (tertiary/aromatic N) is 1. The molecule has 0 radical (unpaired) electrons. The predicted molar refractivity (Wildman–Crippen MR) is 57.8 cm³/mol. The number of amides is 1. The fourth-order valence-electron chi connectivity index (χ4n) is 1.86. The molecule has 1 saturated heterocycles. The van der Waals surface area contributed by atoms with Gasteiger partial charge in [-0.15, -0.1) is 0 Å². The minimum atomic E-state index is -0.366. The molecule has 0 saturated carbocycles. The Morgan fingerprint density at radius 2 is 1.86 bits per heavy atom. The average molecular weight is 196 g/mol. The van der Waals surface area contributed by atoms with Gasteiger partial charge in [0.2, 0.25) is 5.91 Å². The fourth-order valence-corrected chi connectivity index (χ4v) is 1.86. The molecule has 1 amide bonds. The highest BCUT2D eigenvalue weighted by molar-refractivity contribution is 5.85. The van der Waals surface area contributed by atoms with Crippen LogP contribution in [-0.2, 0) is 4.79 Å². The Bertz CT molecular complexity index is 227. The molecule has 3 heteroatoms. The van der Waals surface area contributed by atoms with Gasteiger partial charge in [0.1, 0.15) is 0 Å². The van der Waals surface area contributed by atoms with Gasteiger partial charge in [0, 0.05) is 11.6 Å². The lowest BCUT2D eigenvalue weighted by molar-refractivity contribution is -0.113. The molecule has 1 heterocycles. The van der Waals surface area contributed by atoms with E-state index in [2.05, 4.69) is 18.7 Å². The van der Waals surface area contributed by atoms with E-state index in [-0.39, 0.29) is 11.4 Å². The van der Waals surface area contributed by atoms with Gasteiger partial charge in [-0.25, -0.2) is 0 Å². The molecule has 14 heavy (non-hydrogen) atoms. The summed E-state index contributed by atoms with van der Waals surface area (Å²) in [5, 5.41) is 0. The number of hydrogen-bond donors (Lipinski definition) is 1. The maximum absolute atomic E-state index is 10.6. The average Bonchev–Trinajstić information content (AvgIpc) is 2.16. The number of carbonyl (C=O) groups excluding carboxylic acids is 1. The van der Waals surface area contributed by atoms with Gasteiger partial charge in [0.15, 0.2) is 0 Å². The number of piperidine rings is 1. The molecule has 0 aromatic rings. The lowest BCUT2D eigenvalue weighted by Gasteiger charge is -2.39. The Morgan fingerprint density at radius 3 is 2.36 bits per heavy atom. The summed E-state index contributed by atoms with van der Waals surface area (Å²) in [5.74, 6) is -0.366. The Hall–Kier alpha value is -0.830. The van der Waals surface area contributed by atoms with Crippen molar-refractivity contribution in [1.82, 2.24) is 4.90 Å². The Labute approximate surface area is 86.0 Å². The Morgan fingerprint density at radius 1 is 1.29 bits per heavy atom. The number of likely N-dealkylation sites (tertiary alicyclic amines) is 1. The smallest absolute Gasteiger partial charge is 0.241 e. The van der Waals surface area contributed by atoms with Gasteiger partial charge in [0.05, 0.1) is 0 Å². The van der Waals surface area contributed by atoms with Gasteiger partial charge in [-0.2, -0.15) is 0 Å². The van der Waals surface area contributed by atoms with Gasteiger partial charge in [-0.1, -0.05) is 12.5 Å². The Kier molecular flexibility index (Phi) is 3.69. The molecule has 0 atom stereocenters. The number of nitrogens with two attached hydrogens (primary N) is 1. The monoisotopic (exact) mass is 196 g/mol. The van der Waals surface area contributed by atoms with E-state index < -0.39 is 0 Å². The number of primary amides is 1. The van der Waals surface area contributed by atoms with Crippen molar-refractivity contribution in [3.05, 3.63) is 12.2 Å². The highest BCUT2D eigenvalue weighted by atomic mass is 16.1. The molecule has 0 aliphatic carbocycles. The molecule has 0 spiro atoms. The first kappa shape index (κ1) is 11.2. The van der Waals surface area contributed by atoms with E-state index in [4.69, 9.17) is 5.73 Å². The lowest BCUT2D eigenvalue weighted by atomic mass is 9.98. The molecular weight excluding hydrogens is 176 g/mol. The third-order valence-corrected chi connectivity index (χ3v) is 2.83. The molecule has 0 aromatic carbocycles. The van der Waals surface area contributed by atoms with Crippen molar-refractivity contribution in [2.75, 3.05) is 13.1 Å². The standard InChI is InChI=1S/C11H20N2O/c1-11(2,7-6-10(12)14)13-8-4-3-5-9-13/h6-7H,3-5,8-9H2,1-2H3,(H2,12,14)/b7-6+. The lowest BCUT2D eigenvalue weighted by Crippen LogP contribution is -2.45. The zero-order valence-electron chi connectivity index (χ0n) is 9.12. The zero-order valence-corrected chi connectivity index (χ0v) is 9.12. The molecule has 1 fully saturated rings. The molecule has 0 aromatic heterocycles. The summed E-state index contributed by atoms with van der Waals surface area (Å²) in [4.78, 5) is 13.0. The van der Waals surface area contributed by atoms with Gasteiger partial charge in [-0.05, 0) is 39.8 Å². The van der Waals surface area contributed by atoms with Crippen LogP contribution in [0.25, 0.3) is 0 Å². The second-order valence-corrected chi connectivity index (χ2v) is 4.44. The molecule has 1 aliphatic heterocycles. The van der Waals surface area contributed by atoms with Gasteiger partial charge in [-0.3, -0.25) is 9.69 Å². The second-order valence-electron chi connectivity index (χ2n) is 4.44. The van der Waals surface area contributed by atoms with Crippen molar-refractivity contribution in [1.29, 1.82) is 0 Å². The minimum Gasteiger partial charge on any atom is -0.366 e. The highest BCUT2D eigenvalue weighted by Crippen LogP contribution is 2.21. The Balaban J connectivity index is 2.57. The van der Waals surface area contributed by atoms with Crippen molar-refractivity contribution in [3.63, 3.8) is 0 Å². The fraction of sp³-hybridized carbons (Fsp3) is 0.727. The molecular formula is C11H20N2O. The molecule has 0 bridgehead atoms. The summed E-state index contributed by atoms with van der Waals surface area (Å²) >= 11 is 0. The van der Waals surface area contributed by atoms with Crippen LogP contribution >= 0.6 is 0 Å². The summed E-state index contributed by atoms with van der Waals surface area (Å²) in [6.45, 7) is 6.49. The normalized spacial score (nSPS) is 20.1. The molecule has 2 N–H and O–H groups in total. The van der Waals surface area contributed by atoms with Crippen LogP contribution in [0.2, 0.25) is 0 Å². The van der Waals surface area contributed by atoms with Gasteiger partial charge < -0.3 is 5.73 Å². The van der Waals surface area contributed by atoms with Gasteiger partial charge in [0.25, 0.3) is 0 Å². The predicted octanol–water partition coefficient (Wildman–Crippen LogP) is 1.29. The van der Waals surface area contributed by atoms with Crippen LogP contribution in [0, 0.1) is 0 Å². The maximum atomic E-state index is 10.6. The third kappa shape index (κ3) is 3.14. The zero-order chi connectivity index (χ0) is 10.6. The van der Waals surface area contributed by atoms with Gasteiger partial charge >= 0.3 is 0 Å². The summed E-state index contributed by atoms with van der Waals surface area (Å²) in [6.07, 6.45) is 7.21. The third-order valence-electron chi connectivity index (χ3n) is 2.83. The SMILES string of the molecule is CC(C)(/C=C/C(N)=O)N1CCCCC1. The maximum Gasteiger partial charge on any atom is 0.241 e. The van der Waals surface area contributed by atoms with Crippen LogP contribution in [-0.4, -0.2) is 29.4 Å². The summed E-state index contributed by atoms with van der Waals surface area (Å²) in [5.41, 5.74) is 5.04. The van der Waals surface area contributed by atoms with Crippen molar-refractivity contribution < 1.29 is 4.79 Å². The molecule has 0 unspecified atom stereocenters. The molecule has 3 nitrogen and oxygen atoms in total. The van der Waals surface area contributed by atoms with E-state index in [1.54, 1.807) is 0 Å². The first-order chi connectivity index (χ1) is 6.52. The van der Waals surface area contributed by atoms with E-state index in [0.717, 1.165) is 13.1 Å². The van der Waals surface area contributed by atoms with Crippen LogP contribution in [0.4, 0.5) is 0 Å². The van der Waals surface area contributed by atoms with Crippen LogP contribution < -0.4 is 5.73 Å². The number of hydrogen-bond acceptors (Lipinski definition) is 2. The van der Waals surface area contributed by atoms with Crippen molar-refractivity contribution in [2.24, 2.45) is 5.73 Å². The van der Waals surface area contributed by atoms with E-state index in [1.807, 2.05) is 6.08 Å². The molecule has 1 aliphatic rings. The van der Waals surface area contributed by atoms with Crippen molar-refractivity contribution >= 4 is 5.91 Å². The first-order valence-corrected chi connectivity index (χ1v) is 5.26. The number of carbonyl (C=O) groups is 1. The largest absolute Gasteiger partial charge is 0.366 e. The summed E-state index contributed by atoms with van der Waals surface area (Å²) in [7, 11) is 0. The summed E-state index contributed by atoms with van der Waals surface area (Å²) < 4.78 is 0. The summed E-state index contributed by atoms with van der Waals surface area (Å²) in [6, 6.07) is 0. The number of rotatable bonds is 3. The topological polar surface area (TPSA) is 46.3 Å². The minimum absolute atomic E-state index is 0.0462. The van der Waals surface area contributed by atoms with Crippen molar-refractivity contribution in [3.8, 4) is 0 Å². The second kappa shape index (κ2) is 4.60. The van der Waals surface area contributed by atoms with E-state index in [0.29, 0.717) is 0 Å². The van der Waals surface area contributed by atoms with E-state index in [1.165, 1.54) is 25.3 Å². The first-order valence-electron chi connectivity index (χ1n) is 5.26. The van der Waals surface area contributed by atoms with Crippen molar-refractivity contribution in [2.45, 2.75) is 38.6 Å². The molecule has 80 valence electrons. The van der Waals surface area contributed by atoms with Crippen LogP contribution in [0.5, 0.6) is 0 Å². The van der Waals surface area contributed by atoms with E-state index >= 15 is 0 Å². The van der Waals surface area contributed by atoms with Crippen LogP contribution in [0.1, 0.15) is 33.1 Å². The quantitative estimate of drug-likeness (QED) is 0.691. The van der Waals surface area contributed by atoms with E-state index in [9.17, 15) is 4.79 Å².